The Bertz CT molecular complexity index is 399. The second-order valence-electron chi connectivity index (χ2n) is 2.69. The van der Waals surface area contributed by atoms with Gasteiger partial charge in [-0.1, -0.05) is 0 Å². The van der Waals surface area contributed by atoms with Crippen LogP contribution < -0.4 is 5.32 Å². The zero-order valence-corrected chi connectivity index (χ0v) is 8.31. The SMILES string of the molecule is CCOC(=O)c1nc2c(s1)CNC2=O. The van der Waals surface area contributed by atoms with Crippen molar-refractivity contribution in [2.24, 2.45) is 0 Å². The topological polar surface area (TPSA) is 68.3 Å². The van der Waals surface area contributed by atoms with Crippen molar-refractivity contribution < 1.29 is 14.3 Å². The highest BCUT2D eigenvalue weighted by atomic mass is 32.1. The smallest absolute Gasteiger partial charge is 0.367 e. The number of carbonyl (C=O) groups excluding carboxylic acids is 2. The van der Waals surface area contributed by atoms with Crippen LogP contribution in [-0.4, -0.2) is 23.5 Å². The third kappa shape index (κ3) is 1.37. The van der Waals surface area contributed by atoms with Crippen LogP contribution in [0.25, 0.3) is 0 Å². The Morgan fingerprint density at radius 2 is 2.50 bits per heavy atom. The van der Waals surface area contributed by atoms with E-state index in [4.69, 9.17) is 4.74 Å². The Labute approximate surface area is 84.1 Å². The van der Waals surface area contributed by atoms with Crippen molar-refractivity contribution in [3.63, 3.8) is 0 Å². The molecule has 0 bridgehead atoms. The van der Waals surface area contributed by atoms with Gasteiger partial charge in [0.1, 0.15) is 5.69 Å². The predicted octanol–water partition coefficient (Wildman–Crippen LogP) is 0.563. The molecule has 74 valence electrons. The number of hydrogen-bond acceptors (Lipinski definition) is 5. The number of nitrogens with one attached hydrogen (secondary N) is 1. The molecule has 1 N–H and O–H groups in total. The van der Waals surface area contributed by atoms with Gasteiger partial charge >= 0.3 is 5.97 Å². The fraction of sp³-hybridized carbons (Fsp3) is 0.375. The minimum Gasteiger partial charge on any atom is -0.461 e. The Morgan fingerprint density at radius 1 is 1.71 bits per heavy atom. The number of aromatic nitrogens is 1. The second-order valence-corrected chi connectivity index (χ2v) is 3.78. The van der Waals surface area contributed by atoms with E-state index in [0.29, 0.717) is 18.8 Å². The molecular formula is C8H8N2O3S. The monoisotopic (exact) mass is 212 g/mol. The van der Waals surface area contributed by atoms with Crippen LogP contribution in [0.15, 0.2) is 0 Å². The van der Waals surface area contributed by atoms with Crippen molar-refractivity contribution in [2.75, 3.05) is 6.61 Å². The zero-order chi connectivity index (χ0) is 10.1. The molecule has 1 aliphatic heterocycles. The number of ether oxygens (including phenoxy) is 1. The average molecular weight is 212 g/mol. The molecule has 6 heteroatoms. The number of amides is 1. The highest BCUT2D eigenvalue weighted by Gasteiger charge is 2.26. The molecule has 0 saturated carbocycles. The summed E-state index contributed by atoms with van der Waals surface area (Å²) in [5, 5.41) is 2.88. The van der Waals surface area contributed by atoms with Gasteiger partial charge in [0.2, 0.25) is 5.01 Å². The molecule has 1 aliphatic rings. The molecule has 0 radical (unpaired) electrons. The van der Waals surface area contributed by atoms with E-state index < -0.39 is 5.97 Å². The van der Waals surface area contributed by atoms with Gasteiger partial charge in [0.05, 0.1) is 18.0 Å². The van der Waals surface area contributed by atoms with Crippen molar-refractivity contribution >= 4 is 23.2 Å². The molecule has 0 aliphatic carbocycles. The number of fused-ring (bicyclic) bond motifs is 1. The number of esters is 1. The summed E-state index contributed by atoms with van der Waals surface area (Å²) in [6.07, 6.45) is 0. The van der Waals surface area contributed by atoms with Gasteiger partial charge in [-0.15, -0.1) is 11.3 Å². The molecule has 0 saturated heterocycles. The molecule has 14 heavy (non-hydrogen) atoms. The summed E-state index contributed by atoms with van der Waals surface area (Å²) >= 11 is 1.20. The van der Waals surface area contributed by atoms with Crippen LogP contribution in [0.4, 0.5) is 0 Å². The fourth-order valence-corrected chi connectivity index (χ4v) is 2.07. The maximum absolute atomic E-state index is 11.3. The molecule has 0 atom stereocenters. The van der Waals surface area contributed by atoms with Crippen LogP contribution in [-0.2, 0) is 11.3 Å². The summed E-state index contributed by atoms with van der Waals surface area (Å²) in [6, 6.07) is 0. The Balaban J connectivity index is 2.27. The molecule has 5 nitrogen and oxygen atoms in total. The third-order valence-corrected chi connectivity index (χ3v) is 2.81. The number of carbonyl (C=O) groups is 2. The maximum atomic E-state index is 11.3. The van der Waals surface area contributed by atoms with Crippen molar-refractivity contribution in [1.82, 2.24) is 10.3 Å². The van der Waals surface area contributed by atoms with Gasteiger partial charge in [0.25, 0.3) is 5.91 Å². The summed E-state index contributed by atoms with van der Waals surface area (Å²) in [5.41, 5.74) is 0.359. The van der Waals surface area contributed by atoms with Gasteiger partial charge in [-0.05, 0) is 6.92 Å². The molecule has 0 aromatic carbocycles. The van der Waals surface area contributed by atoms with Crippen LogP contribution in [0.2, 0.25) is 0 Å². The number of nitrogens with zero attached hydrogens (tertiary/aromatic N) is 1. The van der Waals surface area contributed by atoms with Gasteiger partial charge in [-0.3, -0.25) is 4.79 Å². The quantitative estimate of drug-likeness (QED) is 0.727. The van der Waals surface area contributed by atoms with E-state index in [-0.39, 0.29) is 10.9 Å². The highest BCUT2D eigenvalue weighted by molar-refractivity contribution is 7.13. The Hall–Kier alpha value is -1.43. The largest absolute Gasteiger partial charge is 0.461 e. The van der Waals surface area contributed by atoms with Gasteiger partial charge in [0, 0.05) is 0 Å². The van der Waals surface area contributed by atoms with E-state index in [9.17, 15) is 9.59 Å². The lowest BCUT2D eigenvalue weighted by Gasteiger charge is -1.96. The first-order chi connectivity index (χ1) is 6.72. The number of hydrogen-bond donors (Lipinski definition) is 1. The summed E-state index contributed by atoms with van der Waals surface area (Å²) in [6.45, 7) is 2.51. The molecule has 2 rings (SSSR count). The molecule has 1 aromatic heterocycles. The van der Waals surface area contributed by atoms with Crippen molar-refractivity contribution in [3.8, 4) is 0 Å². The molecular weight excluding hydrogens is 204 g/mol. The second kappa shape index (κ2) is 3.38. The lowest BCUT2D eigenvalue weighted by atomic mass is 10.4. The fourth-order valence-electron chi connectivity index (χ4n) is 1.17. The summed E-state index contributed by atoms with van der Waals surface area (Å²) in [7, 11) is 0. The van der Waals surface area contributed by atoms with E-state index in [1.807, 2.05) is 0 Å². The number of thiazole rings is 1. The first kappa shape index (κ1) is 9.14. The van der Waals surface area contributed by atoms with Gasteiger partial charge in [-0.25, -0.2) is 9.78 Å². The molecule has 0 unspecified atom stereocenters. The van der Waals surface area contributed by atoms with Crippen molar-refractivity contribution in [2.45, 2.75) is 13.5 Å². The standard InChI is InChI=1S/C8H8N2O3S/c1-2-13-8(12)7-10-5-4(14-7)3-9-6(5)11/h2-3H2,1H3,(H,9,11). The summed E-state index contributed by atoms with van der Waals surface area (Å²) in [5.74, 6) is -0.675. The third-order valence-electron chi connectivity index (χ3n) is 1.77. The van der Waals surface area contributed by atoms with Gasteiger partial charge < -0.3 is 10.1 Å². The predicted molar refractivity (Wildman–Crippen MR) is 49.2 cm³/mol. The van der Waals surface area contributed by atoms with Crippen LogP contribution >= 0.6 is 11.3 Å². The average Bonchev–Trinajstić information content (AvgIpc) is 2.69. The molecule has 2 heterocycles. The molecule has 0 spiro atoms. The summed E-state index contributed by atoms with van der Waals surface area (Å²) < 4.78 is 4.78. The normalized spacial score (nSPS) is 13.6. The van der Waals surface area contributed by atoms with Crippen LogP contribution in [0, 0.1) is 0 Å². The zero-order valence-electron chi connectivity index (χ0n) is 7.49. The minimum atomic E-state index is -0.459. The van der Waals surface area contributed by atoms with Gasteiger partial charge in [0.15, 0.2) is 0 Å². The first-order valence-electron chi connectivity index (χ1n) is 4.17. The van der Waals surface area contributed by atoms with E-state index in [1.54, 1.807) is 6.92 Å². The van der Waals surface area contributed by atoms with Crippen molar-refractivity contribution in [1.29, 1.82) is 0 Å². The summed E-state index contributed by atoms with van der Waals surface area (Å²) in [4.78, 5) is 27.1. The maximum Gasteiger partial charge on any atom is 0.367 e. The van der Waals surface area contributed by atoms with Crippen LogP contribution in [0.3, 0.4) is 0 Å². The Kier molecular flexibility index (Phi) is 2.20. The van der Waals surface area contributed by atoms with E-state index >= 15 is 0 Å². The van der Waals surface area contributed by atoms with E-state index in [1.165, 1.54) is 11.3 Å². The molecule has 1 amide bonds. The number of rotatable bonds is 2. The minimum absolute atomic E-state index is 0.216. The van der Waals surface area contributed by atoms with E-state index in [0.717, 1.165) is 4.88 Å². The molecule has 1 aromatic rings. The lowest BCUT2D eigenvalue weighted by molar-refractivity contribution is 0.0526. The highest BCUT2D eigenvalue weighted by Crippen LogP contribution is 2.23. The van der Waals surface area contributed by atoms with Gasteiger partial charge in [-0.2, -0.15) is 0 Å². The van der Waals surface area contributed by atoms with E-state index in [2.05, 4.69) is 10.3 Å². The Morgan fingerprint density at radius 3 is 3.14 bits per heavy atom. The van der Waals surface area contributed by atoms with Crippen molar-refractivity contribution in [3.05, 3.63) is 15.6 Å². The molecule has 0 fully saturated rings. The van der Waals surface area contributed by atoms with Crippen LogP contribution in [0.5, 0.6) is 0 Å². The lowest BCUT2D eigenvalue weighted by Crippen LogP contribution is -2.14. The van der Waals surface area contributed by atoms with Crippen LogP contribution in [0.1, 0.15) is 32.1 Å². The first-order valence-corrected chi connectivity index (χ1v) is 4.99.